The number of nitrogens with zero attached hydrogens (tertiary/aromatic N) is 1. The molecule has 0 radical (unpaired) electrons. The molecule has 0 bridgehead atoms. The van der Waals surface area contributed by atoms with Crippen molar-refractivity contribution in [1.82, 2.24) is 10.2 Å². The number of carbonyl (C=O) groups is 1. The Morgan fingerprint density at radius 2 is 2.13 bits per heavy atom. The highest BCUT2D eigenvalue weighted by atomic mass is 35.5. The van der Waals surface area contributed by atoms with E-state index in [2.05, 4.69) is 5.32 Å². The van der Waals surface area contributed by atoms with E-state index < -0.39 is 0 Å². The third-order valence-electron chi connectivity index (χ3n) is 2.55. The molecule has 2 saturated heterocycles. The van der Waals surface area contributed by atoms with Gasteiger partial charge >= 0.3 is 0 Å². The largest absolute Gasteiger partial charge is 0.340 e. The quantitative estimate of drug-likeness (QED) is 0.770. The van der Waals surface area contributed by atoms with Gasteiger partial charge in [0, 0.05) is 30.5 Å². The standard InChI is InChI=1S/C9H16N2OS2.ClH/c12-9(8-6-14-7-10-8)11-2-1-4-13-5-3-11;/h8,10H,1-7H2;1H. The average Bonchev–Trinajstić information content (AvgIpc) is 2.59. The summed E-state index contributed by atoms with van der Waals surface area (Å²) < 4.78 is 0. The van der Waals surface area contributed by atoms with Gasteiger partial charge in [0.1, 0.15) is 0 Å². The van der Waals surface area contributed by atoms with E-state index in [0.717, 1.165) is 36.9 Å². The van der Waals surface area contributed by atoms with Crippen LogP contribution in [-0.4, -0.2) is 53.1 Å². The molecule has 0 aromatic carbocycles. The molecule has 0 spiro atoms. The molecule has 2 aliphatic heterocycles. The van der Waals surface area contributed by atoms with Gasteiger partial charge < -0.3 is 4.90 Å². The van der Waals surface area contributed by atoms with E-state index in [-0.39, 0.29) is 18.4 Å². The van der Waals surface area contributed by atoms with Gasteiger partial charge in [0.25, 0.3) is 0 Å². The number of halogens is 1. The first-order valence-electron chi connectivity index (χ1n) is 5.05. The van der Waals surface area contributed by atoms with Crippen LogP contribution in [0.3, 0.4) is 0 Å². The Morgan fingerprint density at radius 1 is 1.27 bits per heavy atom. The van der Waals surface area contributed by atoms with E-state index in [4.69, 9.17) is 0 Å². The van der Waals surface area contributed by atoms with E-state index >= 15 is 0 Å². The van der Waals surface area contributed by atoms with Crippen molar-refractivity contribution in [2.75, 3.05) is 36.2 Å². The molecule has 0 saturated carbocycles. The molecule has 0 aromatic rings. The van der Waals surface area contributed by atoms with Gasteiger partial charge in [-0.3, -0.25) is 10.1 Å². The second-order valence-corrected chi connectivity index (χ2v) is 5.82. The zero-order valence-corrected chi connectivity index (χ0v) is 11.1. The van der Waals surface area contributed by atoms with Crippen molar-refractivity contribution in [1.29, 1.82) is 0 Å². The molecule has 0 aliphatic carbocycles. The average molecular weight is 269 g/mol. The summed E-state index contributed by atoms with van der Waals surface area (Å²) in [6, 6.07) is 0.0862. The summed E-state index contributed by atoms with van der Waals surface area (Å²) in [5.74, 6) is 4.50. The normalized spacial score (nSPS) is 26.9. The van der Waals surface area contributed by atoms with Gasteiger partial charge in [-0.1, -0.05) is 0 Å². The number of nitrogens with one attached hydrogen (secondary N) is 1. The molecule has 6 heteroatoms. The predicted molar refractivity (Wildman–Crippen MR) is 70.0 cm³/mol. The lowest BCUT2D eigenvalue weighted by Gasteiger charge is -2.23. The molecule has 1 N–H and O–H groups in total. The van der Waals surface area contributed by atoms with Crippen molar-refractivity contribution in [3.8, 4) is 0 Å². The van der Waals surface area contributed by atoms with E-state index in [1.54, 1.807) is 0 Å². The Labute approximate surface area is 106 Å². The van der Waals surface area contributed by atoms with E-state index in [9.17, 15) is 4.79 Å². The molecule has 2 fully saturated rings. The van der Waals surface area contributed by atoms with Crippen molar-refractivity contribution >= 4 is 41.8 Å². The Kier molecular flexibility index (Phi) is 6.19. The topological polar surface area (TPSA) is 32.3 Å². The van der Waals surface area contributed by atoms with Crippen LogP contribution < -0.4 is 5.32 Å². The molecule has 2 aliphatic rings. The van der Waals surface area contributed by atoms with Crippen molar-refractivity contribution < 1.29 is 4.79 Å². The summed E-state index contributed by atoms with van der Waals surface area (Å²) in [5.41, 5.74) is 0. The van der Waals surface area contributed by atoms with Crippen molar-refractivity contribution in [2.24, 2.45) is 0 Å². The maximum atomic E-state index is 12.0. The summed E-state index contributed by atoms with van der Waals surface area (Å²) in [6.45, 7) is 1.89. The maximum absolute atomic E-state index is 12.0. The second-order valence-electron chi connectivity index (χ2n) is 3.56. The van der Waals surface area contributed by atoms with Gasteiger partial charge in [-0.15, -0.1) is 24.2 Å². The minimum atomic E-state index is 0. The van der Waals surface area contributed by atoms with Crippen LogP contribution in [0.4, 0.5) is 0 Å². The van der Waals surface area contributed by atoms with Gasteiger partial charge in [0.05, 0.1) is 6.04 Å². The lowest BCUT2D eigenvalue weighted by Crippen LogP contribution is -2.45. The van der Waals surface area contributed by atoms with Crippen molar-refractivity contribution in [3.05, 3.63) is 0 Å². The lowest BCUT2D eigenvalue weighted by molar-refractivity contribution is -0.132. The smallest absolute Gasteiger partial charge is 0.240 e. The molecule has 0 aromatic heterocycles. The summed E-state index contributed by atoms with van der Waals surface area (Å²) in [6.07, 6.45) is 1.15. The zero-order valence-electron chi connectivity index (χ0n) is 8.61. The maximum Gasteiger partial charge on any atom is 0.240 e. The number of hydrogen-bond donors (Lipinski definition) is 1. The number of amides is 1. The van der Waals surface area contributed by atoms with Crippen LogP contribution in [0.5, 0.6) is 0 Å². The monoisotopic (exact) mass is 268 g/mol. The van der Waals surface area contributed by atoms with Crippen molar-refractivity contribution in [3.63, 3.8) is 0 Å². The Bertz CT molecular complexity index is 204. The number of hydrogen-bond acceptors (Lipinski definition) is 4. The van der Waals surface area contributed by atoms with Crippen LogP contribution in [0.1, 0.15) is 6.42 Å². The third-order valence-corrected chi connectivity index (χ3v) is 4.54. The molecule has 88 valence electrons. The fourth-order valence-electron chi connectivity index (χ4n) is 1.74. The Morgan fingerprint density at radius 3 is 2.87 bits per heavy atom. The fourth-order valence-corrected chi connectivity index (χ4v) is 3.56. The fraction of sp³-hybridized carbons (Fsp3) is 0.889. The first-order chi connectivity index (χ1) is 6.88. The molecular weight excluding hydrogens is 252 g/mol. The summed E-state index contributed by atoms with van der Waals surface area (Å²) in [7, 11) is 0. The van der Waals surface area contributed by atoms with Gasteiger partial charge in [0.2, 0.25) is 5.91 Å². The summed E-state index contributed by atoms with van der Waals surface area (Å²) in [4.78, 5) is 14.0. The highest BCUT2D eigenvalue weighted by molar-refractivity contribution is 7.99. The van der Waals surface area contributed by atoms with Crippen LogP contribution >= 0.6 is 35.9 Å². The highest BCUT2D eigenvalue weighted by Gasteiger charge is 2.27. The first kappa shape index (κ1) is 13.5. The minimum absolute atomic E-state index is 0. The van der Waals surface area contributed by atoms with Gasteiger partial charge in [-0.2, -0.15) is 11.8 Å². The SMILES string of the molecule is Cl.O=C(C1CSCN1)N1CCCSCC1. The molecule has 2 rings (SSSR count). The van der Waals surface area contributed by atoms with E-state index in [0.29, 0.717) is 5.91 Å². The van der Waals surface area contributed by atoms with Crippen LogP contribution in [-0.2, 0) is 4.79 Å². The Balaban J connectivity index is 0.00000112. The van der Waals surface area contributed by atoms with Crippen molar-refractivity contribution in [2.45, 2.75) is 12.5 Å². The Hall–Kier alpha value is 0.420. The van der Waals surface area contributed by atoms with Crippen LogP contribution in [0.25, 0.3) is 0 Å². The molecule has 15 heavy (non-hydrogen) atoms. The summed E-state index contributed by atoms with van der Waals surface area (Å²) >= 11 is 3.78. The minimum Gasteiger partial charge on any atom is -0.340 e. The highest BCUT2D eigenvalue weighted by Crippen LogP contribution is 2.15. The van der Waals surface area contributed by atoms with E-state index in [1.807, 2.05) is 28.4 Å². The molecular formula is C9H17ClN2OS2. The molecule has 1 unspecified atom stereocenters. The first-order valence-corrected chi connectivity index (χ1v) is 7.36. The second kappa shape index (κ2) is 6.89. The number of thioether (sulfide) groups is 2. The molecule has 1 atom stereocenters. The number of carbonyl (C=O) groups excluding carboxylic acids is 1. The third kappa shape index (κ3) is 3.73. The van der Waals surface area contributed by atoms with Crippen LogP contribution in [0.2, 0.25) is 0 Å². The zero-order chi connectivity index (χ0) is 9.80. The van der Waals surface area contributed by atoms with Gasteiger partial charge in [0.15, 0.2) is 0 Å². The van der Waals surface area contributed by atoms with Crippen LogP contribution in [0.15, 0.2) is 0 Å². The summed E-state index contributed by atoms with van der Waals surface area (Å²) in [5, 5.41) is 3.24. The molecule has 3 nitrogen and oxygen atoms in total. The predicted octanol–water partition coefficient (Wildman–Crippen LogP) is 1.04. The van der Waals surface area contributed by atoms with Gasteiger partial charge in [-0.25, -0.2) is 0 Å². The van der Waals surface area contributed by atoms with Gasteiger partial charge in [-0.05, 0) is 12.2 Å². The van der Waals surface area contributed by atoms with E-state index in [1.165, 1.54) is 5.75 Å². The molecule has 2 heterocycles. The molecule has 1 amide bonds. The number of rotatable bonds is 1. The lowest BCUT2D eigenvalue weighted by atomic mass is 10.2. The van der Waals surface area contributed by atoms with Crippen LogP contribution in [0, 0.1) is 0 Å².